The van der Waals surface area contributed by atoms with E-state index in [1.165, 1.54) is 0 Å². The lowest BCUT2D eigenvalue weighted by Gasteiger charge is -2.31. The molecule has 3 heterocycles. The van der Waals surface area contributed by atoms with Crippen molar-refractivity contribution in [1.82, 2.24) is 4.90 Å². The zero-order valence-electron chi connectivity index (χ0n) is 14.5. The first-order valence-corrected chi connectivity index (χ1v) is 9.09. The highest BCUT2D eigenvalue weighted by Gasteiger charge is 2.66. The van der Waals surface area contributed by atoms with E-state index in [9.17, 15) is 14.7 Å². The predicted molar refractivity (Wildman–Crippen MR) is 95.2 cm³/mol. The topological polar surface area (TPSA) is 69.7 Å². The van der Waals surface area contributed by atoms with Crippen LogP contribution in [0.25, 0.3) is 0 Å². The van der Waals surface area contributed by atoms with Gasteiger partial charge in [0.05, 0.1) is 24.6 Å². The van der Waals surface area contributed by atoms with E-state index in [-0.39, 0.29) is 11.9 Å². The molecule has 2 bridgehead atoms. The van der Waals surface area contributed by atoms with Crippen LogP contribution in [0.2, 0.25) is 0 Å². The van der Waals surface area contributed by atoms with Crippen molar-refractivity contribution in [2.45, 2.75) is 17.7 Å². The largest absolute Gasteiger partial charge is 0.550 e. The van der Waals surface area contributed by atoms with E-state index in [0.29, 0.717) is 6.54 Å². The van der Waals surface area contributed by atoms with Gasteiger partial charge in [0, 0.05) is 11.9 Å². The number of aliphatic carboxylic acids is 1. The van der Waals surface area contributed by atoms with Gasteiger partial charge in [-0.05, 0) is 11.1 Å². The zero-order valence-corrected chi connectivity index (χ0v) is 14.5. The Hall–Kier alpha value is -2.92. The van der Waals surface area contributed by atoms with Crippen LogP contribution in [0.4, 0.5) is 0 Å². The highest BCUT2D eigenvalue weighted by atomic mass is 16.5. The lowest BCUT2D eigenvalue weighted by Crippen LogP contribution is -2.45. The van der Waals surface area contributed by atoms with Gasteiger partial charge in [0.1, 0.15) is 5.60 Å². The van der Waals surface area contributed by atoms with Crippen LogP contribution in [0.5, 0.6) is 0 Å². The van der Waals surface area contributed by atoms with Crippen LogP contribution in [-0.4, -0.2) is 35.0 Å². The molecule has 3 aliphatic heterocycles. The summed E-state index contributed by atoms with van der Waals surface area (Å²) in [7, 11) is 0. The SMILES string of the molecule is O=C([O-])[C@H]1[C@@H]2C=C[C@@]3(CN(C(c4ccccc4)c4ccccc4)C(=O)[C@@H]13)O2. The summed E-state index contributed by atoms with van der Waals surface area (Å²) in [5.41, 5.74) is 1.10. The molecule has 0 saturated carbocycles. The molecule has 0 aromatic heterocycles. The maximum absolute atomic E-state index is 13.4. The first kappa shape index (κ1) is 16.3. The molecule has 1 spiro atoms. The van der Waals surface area contributed by atoms with Crippen molar-refractivity contribution < 1.29 is 19.4 Å². The van der Waals surface area contributed by atoms with E-state index in [2.05, 4.69) is 0 Å². The van der Waals surface area contributed by atoms with Crippen LogP contribution in [0.15, 0.2) is 72.8 Å². The first-order chi connectivity index (χ1) is 13.1. The maximum atomic E-state index is 13.4. The van der Waals surface area contributed by atoms with Gasteiger partial charge in [0.25, 0.3) is 0 Å². The number of amides is 1. The molecule has 2 aromatic carbocycles. The highest BCUT2D eigenvalue weighted by molar-refractivity contribution is 5.90. The molecule has 27 heavy (non-hydrogen) atoms. The Morgan fingerprint density at radius 2 is 1.67 bits per heavy atom. The second kappa shape index (κ2) is 5.79. The number of fused-ring (bicyclic) bond motifs is 1. The number of rotatable bonds is 4. The molecule has 0 radical (unpaired) electrons. The Balaban J connectivity index is 1.59. The van der Waals surface area contributed by atoms with Crippen molar-refractivity contribution in [3.63, 3.8) is 0 Å². The molecule has 0 unspecified atom stereocenters. The summed E-state index contributed by atoms with van der Waals surface area (Å²) in [6.07, 6.45) is 3.05. The number of hydrogen-bond acceptors (Lipinski definition) is 4. The second-order valence-corrected chi connectivity index (χ2v) is 7.41. The number of carbonyl (C=O) groups is 2. The fraction of sp³-hybridized carbons (Fsp3) is 0.273. The lowest BCUT2D eigenvalue weighted by atomic mass is 9.77. The van der Waals surface area contributed by atoms with Gasteiger partial charge in [-0.1, -0.05) is 72.8 Å². The summed E-state index contributed by atoms with van der Waals surface area (Å²) in [4.78, 5) is 26.9. The van der Waals surface area contributed by atoms with Gasteiger partial charge in [-0.2, -0.15) is 0 Å². The van der Waals surface area contributed by atoms with E-state index in [0.717, 1.165) is 11.1 Å². The fourth-order valence-electron chi connectivity index (χ4n) is 4.84. The second-order valence-electron chi connectivity index (χ2n) is 7.41. The number of hydrogen-bond donors (Lipinski definition) is 0. The van der Waals surface area contributed by atoms with E-state index in [1.807, 2.05) is 66.7 Å². The summed E-state index contributed by atoms with van der Waals surface area (Å²) in [6, 6.07) is 19.3. The Kier molecular flexibility index (Phi) is 3.49. The quantitative estimate of drug-likeness (QED) is 0.771. The summed E-state index contributed by atoms with van der Waals surface area (Å²) >= 11 is 0. The van der Waals surface area contributed by atoms with Gasteiger partial charge in [0.15, 0.2) is 0 Å². The molecular formula is C22H18NO4-. The molecule has 0 N–H and O–H groups in total. The molecule has 2 fully saturated rings. The third kappa shape index (κ3) is 2.28. The van der Waals surface area contributed by atoms with Gasteiger partial charge >= 0.3 is 0 Å². The van der Waals surface area contributed by atoms with E-state index in [1.54, 1.807) is 11.0 Å². The standard InChI is InChI=1S/C22H19NO4/c24-20-18-17(21(25)26)16-11-12-22(18,27-16)13-23(20)19(14-7-3-1-4-8-14)15-9-5-2-6-10-15/h1-12,16-19H,13H2,(H,25,26)/p-1/t16-,17-,18+,22-/m0/s1. The molecule has 0 aliphatic carbocycles. The third-order valence-electron chi connectivity index (χ3n) is 5.94. The van der Waals surface area contributed by atoms with Crippen molar-refractivity contribution in [2.75, 3.05) is 6.54 Å². The molecule has 2 aromatic rings. The summed E-state index contributed by atoms with van der Waals surface area (Å²) in [6.45, 7) is 0.335. The fourth-order valence-corrected chi connectivity index (χ4v) is 4.84. The number of nitrogens with zero attached hydrogens (tertiary/aromatic N) is 1. The molecular weight excluding hydrogens is 342 g/mol. The van der Waals surface area contributed by atoms with Crippen LogP contribution in [-0.2, 0) is 14.3 Å². The number of carboxylic acids is 1. The van der Waals surface area contributed by atoms with Crippen LogP contribution >= 0.6 is 0 Å². The minimum Gasteiger partial charge on any atom is -0.550 e. The van der Waals surface area contributed by atoms with E-state index >= 15 is 0 Å². The number of likely N-dealkylation sites (tertiary alicyclic amines) is 1. The van der Waals surface area contributed by atoms with Crippen molar-refractivity contribution in [3.05, 3.63) is 83.9 Å². The van der Waals surface area contributed by atoms with Crippen LogP contribution in [0.3, 0.4) is 0 Å². The van der Waals surface area contributed by atoms with Gasteiger partial charge in [-0.15, -0.1) is 0 Å². The lowest BCUT2D eigenvalue weighted by molar-refractivity contribution is -0.313. The third-order valence-corrected chi connectivity index (χ3v) is 5.94. The van der Waals surface area contributed by atoms with Crippen LogP contribution < -0.4 is 5.11 Å². The molecule has 5 heteroatoms. The minimum atomic E-state index is -1.22. The van der Waals surface area contributed by atoms with Crippen molar-refractivity contribution in [1.29, 1.82) is 0 Å². The number of benzene rings is 2. The number of carbonyl (C=O) groups excluding carboxylic acids is 2. The maximum Gasteiger partial charge on any atom is 0.230 e. The molecule has 3 aliphatic rings. The smallest absolute Gasteiger partial charge is 0.230 e. The average molecular weight is 360 g/mol. The van der Waals surface area contributed by atoms with Gasteiger partial charge in [-0.25, -0.2) is 0 Å². The van der Waals surface area contributed by atoms with E-state index < -0.39 is 29.5 Å². The van der Waals surface area contributed by atoms with E-state index in [4.69, 9.17) is 4.74 Å². The summed E-state index contributed by atoms with van der Waals surface area (Å²) in [5, 5.41) is 11.7. The Labute approximate surface area is 156 Å². The highest BCUT2D eigenvalue weighted by Crippen LogP contribution is 2.53. The zero-order chi connectivity index (χ0) is 18.6. The van der Waals surface area contributed by atoms with Crippen molar-refractivity contribution in [3.8, 4) is 0 Å². The molecule has 2 saturated heterocycles. The Bertz CT molecular complexity index is 886. The van der Waals surface area contributed by atoms with Crippen molar-refractivity contribution in [2.24, 2.45) is 11.8 Å². The average Bonchev–Trinajstić information content (AvgIpc) is 3.32. The van der Waals surface area contributed by atoms with Crippen LogP contribution in [0, 0.1) is 11.8 Å². The van der Waals surface area contributed by atoms with Crippen LogP contribution in [0.1, 0.15) is 17.2 Å². The Morgan fingerprint density at radius 1 is 1.07 bits per heavy atom. The molecule has 5 nitrogen and oxygen atoms in total. The summed E-state index contributed by atoms with van der Waals surface area (Å²) < 4.78 is 5.99. The van der Waals surface area contributed by atoms with Gasteiger partial charge in [0.2, 0.25) is 5.91 Å². The minimum absolute atomic E-state index is 0.186. The van der Waals surface area contributed by atoms with Gasteiger partial charge < -0.3 is 19.5 Å². The van der Waals surface area contributed by atoms with Crippen molar-refractivity contribution >= 4 is 11.9 Å². The number of ether oxygens (including phenoxy) is 1. The summed E-state index contributed by atoms with van der Waals surface area (Å²) in [5.74, 6) is -3.07. The monoisotopic (exact) mass is 360 g/mol. The Morgan fingerprint density at radius 3 is 2.22 bits per heavy atom. The first-order valence-electron chi connectivity index (χ1n) is 9.09. The number of carboxylic acid groups (broad SMARTS) is 1. The normalized spacial score (nSPS) is 30.9. The molecule has 1 amide bonds. The molecule has 5 rings (SSSR count). The molecule has 136 valence electrons. The van der Waals surface area contributed by atoms with Gasteiger partial charge in [-0.3, -0.25) is 4.79 Å². The predicted octanol–water partition coefficient (Wildman–Crippen LogP) is 1.31. The molecule has 4 atom stereocenters.